The van der Waals surface area contributed by atoms with Crippen LogP contribution < -0.4 is 5.32 Å². The summed E-state index contributed by atoms with van der Waals surface area (Å²) in [5, 5.41) is 3.03. The molecule has 0 fully saturated rings. The Bertz CT molecular complexity index is 240. The van der Waals surface area contributed by atoms with E-state index in [2.05, 4.69) is 15.3 Å². The smallest absolute Gasteiger partial charge is 0.136 e. The van der Waals surface area contributed by atoms with E-state index in [0.29, 0.717) is 0 Å². The quantitative estimate of drug-likeness (QED) is 0.572. The summed E-state index contributed by atoms with van der Waals surface area (Å²) in [6.45, 7) is 0. The number of nitrogens with one attached hydrogen (secondary N) is 1. The lowest BCUT2D eigenvalue weighted by Gasteiger charge is -2.08. The Morgan fingerprint density at radius 1 is 1.50 bits per heavy atom. The molecule has 0 aliphatic carbocycles. The highest BCUT2D eigenvalue weighted by Crippen LogP contribution is 2.14. The minimum atomic E-state index is 0.928. The summed E-state index contributed by atoms with van der Waals surface area (Å²) in [6, 6.07) is 0. The molecule has 1 aliphatic heterocycles. The second-order valence-corrected chi connectivity index (χ2v) is 2.15. The molecule has 0 radical (unpaired) electrons. The van der Waals surface area contributed by atoms with Gasteiger partial charge in [0, 0.05) is 11.8 Å². The van der Waals surface area contributed by atoms with Gasteiger partial charge in [0.15, 0.2) is 0 Å². The van der Waals surface area contributed by atoms with Crippen LogP contribution in [-0.4, -0.2) is 9.97 Å². The van der Waals surface area contributed by atoms with E-state index >= 15 is 0 Å². The van der Waals surface area contributed by atoms with E-state index in [9.17, 15) is 0 Å². The van der Waals surface area contributed by atoms with Crippen molar-refractivity contribution in [2.75, 3.05) is 5.32 Å². The van der Waals surface area contributed by atoms with E-state index in [-0.39, 0.29) is 0 Å². The summed E-state index contributed by atoms with van der Waals surface area (Å²) in [7, 11) is 0. The molecule has 0 atom stereocenters. The van der Waals surface area contributed by atoms with Gasteiger partial charge >= 0.3 is 0 Å². The summed E-state index contributed by atoms with van der Waals surface area (Å²) in [4.78, 5) is 7.96. The van der Waals surface area contributed by atoms with E-state index in [1.807, 2.05) is 18.5 Å². The van der Waals surface area contributed by atoms with Gasteiger partial charge in [-0.2, -0.15) is 0 Å². The third-order valence-corrected chi connectivity index (χ3v) is 1.46. The maximum Gasteiger partial charge on any atom is 0.136 e. The van der Waals surface area contributed by atoms with Crippen molar-refractivity contribution in [3.05, 3.63) is 30.4 Å². The highest BCUT2D eigenvalue weighted by molar-refractivity contribution is 5.48. The van der Waals surface area contributed by atoms with Crippen LogP contribution >= 0.6 is 0 Å². The van der Waals surface area contributed by atoms with Gasteiger partial charge in [-0.3, -0.25) is 0 Å². The van der Waals surface area contributed by atoms with Crippen LogP contribution in [0.1, 0.15) is 5.56 Å². The van der Waals surface area contributed by atoms with Crippen molar-refractivity contribution >= 4 is 5.82 Å². The molecule has 0 aromatic carbocycles. The minimum absolute atomic E-state index is 0.928. The van der Waals surface area contributed by atoms with Gasteiger partial charge in [-0.05, 0) is 12.6 Å². The number of fused-ring (bicyclic) bond motifs is 1. The van der Waals surface area contributed by atoms with Gasteiger partial charge in [0.25, 0.3) is 0 Å². The number of anilines is 1. The van der Waals surface area contributed by atoms with Crippen LogP contribution in [0.4, 0.5) is 5.82 Å². The molecule has 0 spiro atoms. The molecule has 0 bridgehead atoms. The average Bonchev–Trinajstić information content (AvgIpc) is 2.05. The zero-order valence-electron chi connectivity index (χ0n) is 5.41. The topological polar surface area (TPSA) is 37.8 Å². The second-order valence-electron chi connectivity index (χ2n) is 2.15. The van der Waals surface area contributed by atoms with E-state index in [1.165, 1.54) is 0 Å². The van der Waals surface area contributed by atoms with Crippen LogP contribution in [0.15, 0.2) is 24.8 Å². The van der Waals surface area contributed by atoms with Crippen molar-refractivity contribution in [2.24, 2.45) is 0 Å². The Labute approximate surface area is 58.8 Å². The molecule has 3 nitrogen and oxygen atoms in total. The van der Waals surface area contributed by atoms with Crippen molar-refractivity contribution in [2.45, 2.75) is 6.42 Å². The monoisotopic (exact) mass is 133 g/mol. The van der Waals surface area contributed by atoms with Gasteiger partial charge in [-0.15, -0.1) is 0 Å². The summed E-state index contributed by atoms with van der Waals surface area (Å²) in [6.07, 6.45) is 8.26. The second kappa shape index (κ2) is 2.10. The van der Waals surface area contributed by atoms with Crippen molar-refractivity contribution in [1.29, 1.82) is 0 Å². The third-order valence-electron chi connectivity index (χ3n) is 1.46. The van der Waals surface area contributed by atoms with Crippen molar-refractivity contribution in [3.63, 3.8) is 0 Å². The Kier molecular flexibility index (Phi) is 1.13. The van der Waals surface area contributed by atoms with Gasteiger partial charge in [0.05, 0.1) is 0 Å². The van der Waals surface area contributed by atoms with Crippen LogP contribution in [0.3, 0.4) is 0 Å². The average molecular weight is 133 g/mol. The number of rotatable bonds is 0. The molecular formula is C7H7N3. The van der Waals surface area contributed by atoms with Gasteiger partial charge < -0.3 is 5.32 Å². The summed E-state index contributed by atoms with van der Waals surface area (Å²) >= 11 is 0. The lowest BCUT2D eigenvalue weighted by molar-refractivity contribution is 1.07. The molecule has 1 aromatic heterocycles. The first-order chi connectivity index (χ1) is 4.97. The molecule has 0 saturated carbocycles. The van der Waals surface area contributed by atoms with Gasteiger partial charge in [0.2, 0.25) is 0 Å². The lowest BCUT2D eigenvalue weighted by atomic mass is 10.2. The number of hydrogen-bond donors (Lipinski definition) is 1. The maximum absolute atomic E-state index is 4.05. The summed E-state index contributed by atoms with van der Waals surface area (Å²) < 4.78 is 0. The Hall–Kier alpha value is -1.38. The lowest BCUT2D eigenvalue weighted by Crippen LogP contribution is -2.02. The zero-order valence-corrected chi connectivity index (χ0v) is 5.41. The summed E-state index contributed by atoms with van der Waals surface area (Å²) in [5.74, 6) is 0.928. The van der Waals surface area contributed by atoms with E-state index in [0.717, 1.165) is 17.8 Å². The first-order valence-electron chi connectivity index (χ1n) is 3.17. The molecule has 2 rings (SSSR count). The van der Waals surface area contributed by atoms with Gasteiger partial charge in [-0.1, -0.05) is 6.08 Å². The Balaban J connectivity index is 2.47. The van der Waals surface area contributed by atoms with Crippen LogP contribution in [0.5, 0.6) is 0 Å². The summed E-state index contributed by atoms with van der Waals surface area (Å²) in [5.41, 5.74) is 1.16. The number of allylic oxidation sites excluding steroid dienone is 1. The highest BCUT2D eigenvalue weighted by Gasteiger charge is 2.02. The van der Waals surface area contributed by atoms with E-state index in [4.69, 9.17) is 0 Å². The van der Waals surface area contributed by atoms with Crippen molar-refractivity contribution in [1.82, 2.24) is 9.97 Å². The van der Waals surface area contributed by atoms with Crippen LogP contribution in [0.2, 0.25) is 0 Å². The number of hydrogen-bond acceptors (Lipinski definition) is 3. The minimum Gasteiger partial charge on any atom is -0.347 e. The van der Waals surface area contributed by atoms with E-state index in [1.54, 1.807) is 6.33 Å². The van der Waals surface area contributed by atoms with Crippen molar-refractivity contribution in [3.8, 4) is 0 Å². The standard InChI is InChI=1S/C7H7N3/c1-2-6-4-8-5-10-7(6)9-3-1/h1,3-5H,2H2,(H,8,9,10). The van der Waals surface area contributed by atoms with Gasteiger partial charge in [-0.25, -0.2) is 9.97 Å². The third kappa shape index (κ3) is 0.757. The molecule has 50 valence electrons. The highest BCUT2D eigenvalue weighted by atomic mass is 15.0. The Morgan fingerprint density at radius 3 is 3.40 bits per heavy atom. The molecule has 2 heterocycles. The predicted molar refractivity (Wildman–Crippen MR) is 38.5 cm³/mol. The number of nitrogens with zero attached hydrogens (tertiary/aromatic N) is 2. The molecule has 0 unspecified atom stereocenters. The molecule has 1 N–H and O–H groups in total. The SMILES string of the molecule is C1=CNc2ncncc2C1. The Morgan fingerprint density at radius 2 is 2.50 bits per heavy atom. The largest absolute Gasteiger partial charge is 0.347 e. The fraction of sp³-hybridized carbons (Fsp3) is 0.143. The van der Waals surface area contributed by atoms with Crippen LogP contribution in [-0.2, 0) is 6.42 Å². The molecule has 10 heavy (non-hydrogen) atoms. The van der Waals surface area contributed by atoms with Crippen LogP contribution in [0.25, 0.3) is 0 Å². The molecular weight excluding hydrogens is 126 g/mol. The fourth-order valence-electron chi connectivity index (χ4n) is 0.962. The normalized spacial score (nSPS) is 14.0. The molecule has 1 aromatic rings. The molecule has 1 aliphatic rings. The molecule has 0 saturated heterocycles. The molecule has 0 amide bonds. The zero-order chi connectivity index (χ0) is 6.81. The van der Waals surface area contributed by atoms with E-state index < -0.39 is 0 Å². The van der Waals surface area contributed by atoms with Crippen molar-refractivity contribution < 1.29 is 0 Å². The van der Waals surface area contributed by atoms with Crippen LogP contribution in [0, 0.1) is 0 Å². The fourth-order valence-corrected chi connectivity index (χ4v) is 0.962. The first-order valence-corrected chi connectivity index (χ1v) is 3.17. The number of aromatic nitrogens is 2. The molecule has 3 heteroatoms. The maximum atomic E-state index is 4.05. The van der Waals surface area contributed by atoms with Gasteiger partial charge in [0.1, 0.15) is 12.1 Å². The first kappa shape index (κ1) is 5.41. The predicted octanol–water partition coefficient (Wildman–Crippen LogP) is 0.958.